The Labute approximate surface area is 97.7 Å². The summed E-state index contributed by atoms with van der Waals surface area (Å²) < 4.78 is 0. The predicted octanol–water partition coefficient (Wildman–Crippen LogP) is 1.60. The topological polar surface area (TPSA) is 70.6 Å². The third-order valence-electron chi connectivity index (χ3n) is 1.68. The lowest BCUT2D eigenvalue weighted by molar-refractivity contribution is 0.474. The number of hydrazone groups is 1. The van der Waals surface area contributed by atoms with Gasteiger partial charge < -0.3 is 10.8 Å². The summed E-state index contributed by atoms with van der Waals surface area (Å²) >= 11 is 10.4. The van der Waals surface area contributed by atoms with Crippen molar-refractivity contribution in [1.82, 2.24) is 5.43 Å². The summed E-state index contributed by atoms with van der Waals surface area (Å²) in [5, 5.41) is 14.0. The van der Waals surface area contributed by atoms with Crippen LogP contribution >= 0.6 is 23.8 Å². The van der Waals surface area contributed by atoms with Crippen LogP contribution in [0.5, 0.6) is 5.75 Å². The minimum absolute atomic E-state index is 0.0656. The normalized spacial score (nSPS) is 11.2. The second-order valence-corrected chi connectivity index (χ2v) is 3.71. The Balaban J connectivity index is 2.99. The first-order valence-electron chi connectivity index (χ1n) is 4.09. The van der Waals surface area contributed by atoms with Gasteiger partial charge in [-0.15, -0.1) is 0 Å². The van der Waals surface area contributed by atoms with Crippen LogP contribution < -0.4 is 11.2 Å². The Morgan fingerprint density at radius 1 is 1.60 bits per heavy atom. The maximum Gasteiger partial charge on any atom is 0.184 e. The van der Waals surface area contributed by atoms with Crippen LogP contribution in [0, 0.1) is 0 Å². The molecular formula is C9H10ClN3OS. The summed E-state index contributed by atoms with van der Waals surface area (Å²) in [4.78, 5) is 0. The molecule has 0 aromatic heterocycles. The summed E-state index contributed by atoms with van der Waals surface area (Å²) in [6, 6.07) is 4.70. The van der Waals surface area contributed by atoms with Crippen molar-refractivity contribution in [3.63, 3.8) is 0 Å². The highest BCUT2D eigenvalue weighted by atomic mass is 35.5. The molecule has 80 valence electrons. The van der Waals surface area contributed by atoms with Gasteiger partial charge in [-0.25, -0.2) is 0 Å². The van der Waals surface area contributed by atoms with Crippen LogP contribution in [-0.2, 0) is 0 Å². The molecule has 0 atom stereocenters. The van der Waals surface area contributed by atoms with Crippen molar-refractivity contribution in [3.8, 4) is 5.75 Å². The number of aromatic hydroxyl groups is 1. The Bertz CT molecular complexity index is 420. The van der Waals surface area contributed by atoms with Gasteiger partial charge in [0.15, 0.2) is 5.11 Å². The fraction of sp³-hybridized carbons (Fsp3) is 0.111. The number of thiocarbonyl (C=S) groups is 1. The van der Waals surface area contributed by atoms with Gasteiger partial charge in [-0.2, -0.15) is 5.10 Å². The lowest BCUT2D eigenvalue weighted by Gasteiger charge is -2.04. The zero-order chi connectivity index (χ0) is 11.4. The number of nitrogens with one attached hydrogen (secondary N) is 1. The summed E-state index contributed by atoms with van der Waals surface area (Å²) in [7, 11) is 0. The van der Waals surface area contributed by atoms with E-state index in [9.17, 15) is 5.11 Å². The monoisotopic (exact) mass is 243 g/mol. The first-order valence-corrected chi connectivity index (χ1v) is 4.88. The van der Waals surface area contributed by atoms with Gasteiger partial charge in [0, 0.05) is 10.6 Å². The zero-order valence-electron chi connectivity index (χ0n) is 7.99. The molecule has 0 heterocycles. The molecule has 1 aromatic carbocycles. The molecule has 0 aliphatic rings. The second kappa shape index (κ2) is 4.95. The molecule has 1 aromatic rings. The minimum atomic E-state index is 0.0656. The lowest BCUT2D eigenvalue weighted by Crippen LogP contribution is -2.25. The van der Waals surface area contributed by atoms with Gasteiger partial charge >= 0.3 is 0 Å². The quantitative estimate of drug-likeness (QED) is 0.419. The number of hydrogen-bond acceptors (Lipinski definition) is 3. The average molecular weight is 244 g/mol. The molecule has 4 nitrogen and oxygen atoms in total. The first kappa shape index (κ1) is 11.7. The molecule has 0 bridgehead atoms. The molecule has 0 aliphatic carbocycles. The number of halogens is 1. The highest BCUT2D eigenvalue weighted by Gasteiger charge is 2.05. The van der Waals surface area contributed by atoms with E-state index in [-0.39, 0.29) is 10.9 Å². The van der Waals surface area contributed by atoms with Gasteiger partial charge in [-0.05, 0) is 37.3 Å². The van der Waals surface area contributed by atoms with E-state index in [2.05, 4.69) is 22.7 Å². The summed E-state index contributed by atoms with van der Waals surface area (Å²) in [5.74, 6) is 0.102. The van der Waals surface area contributed by atoms with Gasteiger partial charge in [-0.1, -0.05) is 11.6 Å². The Morgan fingerprint density at radius 2 is 2.27 bits per heavy atom. The number of benzene rings is 1. The van der Waals surface area contributed by atoms with Gasteiger partial charge in [-0.3, -0.25) is 5.43 Å². The van der Waals surface area contributed by atoms with Gasteiger partial charge in [0.25, 0.3) is 0 Å². The Kier molecular flexibility index (Phi) is 3.88. The second-order valence-electron chi connectivity index (χ2n) is 2.83. The van der Waals surface area contributed by atoms with Crippen LogP contribution in [0.25, 0.3) is 0 Å². The standard InChI is InChI=1S/C9H10ClN3OS/c1-5(12-13-9(11)15)7-4-6(10)2-3-8(7)14/h2-4,14H,1H3,(H3,11,13,15). The van der Waals surface area contributed by atoms with Crippen LogP contribution in [0.3, 0.4) is 0 Å². The molecule has 0 saturated carbocycles. The van der Waals surface area contributed by atoms with Crippen LogP contribution in [0.4, 0.5) is 0 Å². The van der Waals surface area contributed by atoms with Crippen molar-refractivity contribution in [1.29, 1.82) is 0 Å². The third-order valence-corrected chi connectivity index (χ3v) is 2.01. The molecule has 0 fully saturated rings. The zero-order valence-corrected chi connectivity index (χ0v) is 9.56. The molecule has 0 spiro atoms. The van der Waals surface area contributed by atoms with E-state index >= 15 is 0 Å². The largest absolute Gasteiger partial charge is 0.507 e. The van der Waals surface area contributed by atoms with Gasteiger partial charge in [0.05, 0.1) is 5.71 Å². The van der Waals surface area contributed by atoms with Crippen LogP contribution in [0.15, 0.2) is 23.3 Å². The fourth-order valence-electron chi connectivity index (χ4n) is 0.997. The third kappa shape index (κ3) is 3.38. The number of hydrogen-bond donors (Lipinski definition) is 3. The van der Waals surface area contributed by atoms with E-state index < -0.39 is 0 Å². The predicted molar refractivity (Wildman–Crippen MR) is 65.2 cm³/mol. The molecule has 0 aliphatic heterocycles. The fourth-order valence-corrected chi connectivity index (χ4v) is 1.21. The van der Waals surface area contributed by atoms with E-state index in [0.717, 1.165) is 0 Å². The molecule has 6 heteroatoms. The number of nitrogens with zero attached hydrogens (tertiary/aromatic N) is 1. The lowest BCUT2D eigenvalue weighted by atomic mass is 10.1. The van der Waals surface area contributed by atoms with Crippen molar-refractivity contribution < 1.29 is 5.11 Å². The number of phenolic OH excluding ortho intramolecular Hbond substituents is 1. The first-order chi connectivity index (χ1) is 7.00. The average Bonchev–Trinajstić information content (AvgIpc) is 2.18. The summed E-state index contributed by atoms with van der Waals surface area (Å²) in [6.45, 7) is 1.71. The van der Waals surface area contributed by atoms with Crippen molar-refractivity contribution in [2.24, 2.45) is 10.8 Å². The van der Waals surface area contributed by atoms with Crippen LogP contribution in [0.1, 0.15) is 12.5 Å². The van der Waals surface area contributed by atoms with Gasteiger partial charge in [0.1, 0.15) is 5.75 Å². The smallest absolute Gasteiger partial charge is 0.184 e. The number of rotatable bonds is 2. The van der Waals surface area contributed by atoms with E-state index in [1.807, 2.05) is 0 Å². The maximum atomic E-state index is 9.54. The molecule has 0 radical (unpaired) electrons. The molecule has 0 unspecified atom stereocenters. The molecule has 0 amide bonds. The molecule has 0 saturated heterocycles. The number of nitrogens with two attached hydrogens (primary N) is 1. The summed E-state index contributed by atoms with van der Waals surface area (Å²) in [6.07, 6.45) is 0. The van der Waals surface area contributed by atoms with Crippen molar-refractivity contribution in [2.75, 3.05) is 0 Å². The molecular weight excluding hydrogens is 234 g/mol. The maximum absolute atomic E-state index is 9.54. The van der Waals surface area contributed by atoms with E-state index in [1.165, 1.54) is 6.07 Å². The van der Waals surface area contributed by atoms with Crippen molar-refractivity contribution in [3.05, 3.63) is 28.8 Å². The minimum Gasteiger partial charge on any atom is -0.507 e. The summed E-state index contributed by atoms with van der Waals surface area (Å²) in [5.41, 5.74) is 8.72. The number of phenols is 1. The highest BCUT2D eigenvalue weighted by molar-refractivity contribution is 7.80. The van der Waals surface area contributed by atoms with E-state index in [1.54, 1.807) is 19.1 Å². The highest BCUT2D eigenvalue weighted by Crippen LogP contribution is 2.21. The Morgan fingerprint density at radius 3 is 2.87 bits per heavy atom. The van der Waals surface area contributed by atoms with E-state index in [4.69, 9.17) is 17.3 Å². The molecule has 1 rings (SSSR count). The van der Waals surface area contributed by atoms with Gasteiger partial charge in [0.2, 0.25) is 0 Å². The molecule has 4 N–H and O–H groups in total. The van der Waals surface area contributed by atoms with Crippen molar-refractivity contribution >= 4 is 34.6 Å². The van der Waals surface area contributed by atoms with Crippen LogP contribution in [-0.4, -0.2) is 15.9 Å². The van der Waals surface area contributed by atoms with Crippen molar-refractivity contribution in [2.45, 2.75) is 6.92 Å². The Hall–Kier alpha value is -1.33. The van der Waals surface area contributed by atoms with Crippen LogP contribution in [0.2, 0.25) is 5.02 Å². The molecule has 15 heavy (non-hydrogen) atoms. The SMILES string of the molecule is CC(=NNC(N)=S)c1cc(Cl)ccc1O. The van der Waals surface area contributed by atoms with E-state index in [0.29, 0.717) is 16.3 Å².